The summed E-state index contributed by atoms with van der Waals surface area (Å²) in [6, 6.07) is 20.7. The molecule has 7 heteroatoms. The number of aryl methyl sites for hydroxylation is 1. The van der Waals surface area contributed by atoms with E-state index >= 15 is 0 Å². The Balaban J connectivity index is 1.38. The zero-order chi connectivity index (χ0) is 20.2. The van der Waals surface area contributed by atoms with E-state index in [0.29, 0.717) is 39.6 Å². The van der Waals surface area contributed by atoms with Gasteiger partial charge in [-0.05, 0) is 54.6 Å². The van der Waals surface area contributed by atoms with E-state index in [1.165, 1.54) is 0 Å². The maximum absolute atomic E-state index is 12.5. The number of oxazole rings is 1. The molecule has 29 heavy (non-hydrogen) atoms. The summed E-state index contributed by atoms with van der Waals surface area (Å²) in [5.74, 6) is 0.313. The minimum atomic E-state index is -0.357. The molecule has 0 bridgehead atoms. The van der Waals surface area contributed by atoms with Gasteiger partial charge in [0.1, 0.15) is 5.52 Å². The van der Waals surface area contributed by atoms with Gasteiger partial charge in [0.15, 0.2) is 11.5 Å². The second-order valence-electron chi connectivity index (χ2n) is 6.39. The summed E-state index contributed by atoms with van der Waals surface area (Å²) in [5.41, 5.74) is 3.72. The van der Waals surface area contributed by atoms with Crippen LogP contribution in [-0.2, 0) is 0 Å². The molecular formula is C22H18N4O3. The fourth-order valence-electron chi connectivity index (χ4n) is 2.84. The zero-order valence-electron chi connectivity index (χ0n) is 15.6. The third-order valence-corrected chi connectivity index (χ3v) is 4.19. The number of aromatic nitrogens is 1. The van der Waals surface area contributed by atoms with Crippen molar-refractivity contribution in [1.29, 1.82) is 0 Å². The van der Waals surface area contributed by atoms with Gasteiger partial charge in [-0.3, -0.25) is 4.79 Å². The Morgan fingerprint density at radius 3 is 2.17 bits per heavy atom. The molecule has 3 N–H and O–H groups in total. The van der Waals surface area contributed by atoms with Gasteiger partial charge in [0.2, 0.25) is 0 Å². The number of para-hydroxylation sites is 1. The van der Waals surface area contributed by atoms with E-state index in [1.807, 2.05) is 18.2 Å². The monoisotopic (exact) mass is 386 g/mol. The van der Waals surface area contributed by atoms with E-state index in [0.717, 1.165) is 0 Å². The molecule has 0 spiro atoms. The van der Waals surface area contributed by atoms with Crippen molar-refractivity contribution in [3.05, 3.63) is 84.3 Å². The predicted octanol–water partition coefficient (Wildman–Crippen LogP) is 5.03. The summed E-state index contributed by atoms with van der Waals surface area (Å²) >= 11 is 0. The van der Waals surface area contributed by atoms with E-state index in [9.17, 15) is 9.59 Å². The standard InChI is InChI=1S/C22H18N4O3/c1-14-23-19-13-18(11-12-20(19)29-14)24-21(27)15-7-9-17(10-8-15)26-22(28)25-16-5-3-2-4-6-16/h2-13H,1H3,(H,24,27)(H2,25,26,28). The third kappa shape index (κ3) is 4.41. The van der Waals surface area contributed by atoms with Gasteiger partial charge in [0, 0.05) is 29.5 Å². The fraction of sp³-hybridized carbons (Fsp3) is 0.0455. The van der Waals surface area contributed by atoms with Gasteiger partial charge in [0.05, 0.1) is 0 Å². The lowest BCUT2D eigenvalue weighted by molar-refractivity contribution is 0.102. The third-order valence-electron chi connectivity index (χ3n) is 4.19. The molecule has 3 aromatic carbocycles. The molecule has 4 aromatic rings. The summed E-state index contributed by atoms with van der Waals surface area (Å²) in [6.45, 7) is 1.77. The van der Waals surface area contributed by atoms with E-state index in [2.05, 4.69) is 20.9 Å². The van der Waals surface area contributed by atoms with Crippen LogP contribution >= 0.6 is 0 Å². The molecule has 0 saturated carbocycles. The largest absolute Gasteiger partial charge is 0.441 e. The number of hydrogen-bond acceptors (Lipinski definition) is 4. The molecule has 0 aliphatic heterocycles. The molecule has 0 aliphatic carbocycles. The molecule has 1 aromatic heterocycles. The van der Waals surface area contributed by atoms with Crippen molar-refractivity contribution in [1.82, 2.24) is 4.98 Å². The molecule has 0 unspecified atom stereocenters. The number of carbonyl (C=O) groups is 2. The lowest BCUT2D eigenvalue weighted by atomic mass is 10.2. The van der Waals surface area contributed by atoms with Gasteiger partial charge < -0.3 is 20.4 Å². The van der Waals surface area contributed by atoms with E-state index in [1.54, 1.807) is 61.5 Å². The van der Waals surface area contributed by atoms with Gasteiger partial charge in [-0.25, -0.2) is 9.78 Å². The van der Waals surface area contributed by atoms with Crippen molar-refractivity contribution in [2.75, 3.05) is 16.0 Å². The highest BCUT2D eigenvalue weighted by molar-refractivity contribution is 6.05. The van der Waals surface area contributed by atoms with Crippen molar-refractivity contribution >= 4 is 40.1 Å². The number of nitrogens with one attached hydrogen (secondary N) is 3. The Hall–Kier alpha value is -4.13. The Kier molecular flexibility index (Phi) is 4.94. The number of carbonyl (C=O) groups excluding carboxylic acids is 2. The lowest BCUT2D eigenvalue weighted by Gasteiger charge is -2.09. The molecule has 0 atom stereocenters. The van der Waals surface area contributed by atoms with Crippen molar-refractivity contribution in [2.24, 2.45) is 0 Å². The number of urea groups is 1. The number of anilines is 3. The van der Waals surface area contributed by atoms with Crippen molar-refractivity contribution < 1.29 is 14.0 Å². The Morgan fingerprint density at radius 1 is 0.793 bits per heavy atom. The van der Waals surface area contributed by atoms with E-state index < -0.39 is 0 Å². The molecule has 3 amide bonds. The Labute approximate surface area is 166 Å². The van der Waals surface area contributed by atoms with Gasteiger partial charge in [0.25, 0.3) is 5.91 Å². The molecule has 0 saturated heterocycles. The van der Waals surface area contributed by atoms with Gasteiger partial charge in [-0.1, -0.05) is 18.2 Å². The molecule has 0 radical (unpaired) electrons. The van der Waals surface area contributed by atoms with Crippen LogP contribution in [0.15, 0.2) is 77.2 Å². The molecule has 144 valence electrons. The highest BCUT2D eigenvalue weighted by Crippen LogP contribution is 2.20. The van der Waals surface area contributed by atoms with Crippen LogP contribution in [0, 0.1) is 6.92 Å². The minimum Gasteiger partial charge on any atom is -0.441 e. The van der Waals surface area contributed by atoms with Crippen LogP contribution in [0.3, 0.4) is 0 Å². The Bertz CT molecular complexity index is 1170. The van der Waals surface area contributed by atoms with Crippen LogP contribution in [0.2, 0.25) is 0 Å². The van der Waals surface area contributed by atoms with E-state index in [-0.39, 0.29) is 11.9 Å². The van der Waals surface area contributed by atoms with Gasteiger partial charge >= 0.3 is 6.03 Å². The first-order valence-corrected chi connectivity index (χ1v) is 8.98. The van der Waals surface area contributed by atoms with Crippen molar-refractivity contribution in [2.45, 2.75) is 6.92 Å². The first-order chi connectivity index (χ1) is 14.1. The smallest absolute Gasteiger partial charge is 0.323 e. The molecule has 0 fully saturated rings. The molecule has 4 rings (SSSR count). The molecular weight excluding hydrogens is 368 g/mol. The molecule has 1 heterocycles. The normalized spacial score (nSPS) is 10.5. The van der Waals surface area contributed by atoms with Gasteiger partial charge in [-0.2, -0.15) is 0 Å². The highest BCUT2D eigenvalue weighted by Gasteiger charge is 2.09. The molecule has 7 nitrogen and oxygen atoms in total. The first kappa shape index (κ1) is 18.2. The average molecular weight is 386 g/mol. The summed E-state index contributed by atoms with van der Waals surface area (Å²) < 4.78 is 5.43. The summed E-state index contributed by atoms with van der Waals surface area (Å²) in [4.78, 5) is 28.8. The van der Waals surface area contributed by atoms with Crippen molar-refractivity contribution in [3.8, 4) is 0 Å². The van der Waals surface area contributed by atoms with Crippen molar-refractivity contribution in [3.63, 3.8) is 0 Å². The Morgan fingerprint density at radius 2 is 1.45 bits per heavy atom. The number of rotatable bonds is 4. The lowest BCUT2D eigenvalue weighted by Crippen LogP contribution is -2.19. The van der Waals surface area contributed by atoms with Crippen LogP contribution in [0.1, 0.15) is 16.2 Å². The second kappa shape index (κ2) is 7.85. The zero-order valence-corrected chi connectivity index (χ0v) is 15.6. The highest BCUT2D eigenvalue weighted by atomic mass is 16.3. The number of hydrogen-bond donors (Lipinski definition) is 3. The first-order valence-electron chi connectivity index (χ1n) is 8.98. The SMILES string of the molecule is Cc1nc2cc(NC(=O)c3ccc(NC(=O)Nc4ccccc4)cc3)ccc2o1. The van der Waals surface area contributed by atoms with E-state index in [4.69, 9.17) is 4.42 Å². The summed E-state index contributed by atoms with van der Waals surface area (Å²) in [7, 11) is 0. The summed E-state index contributed by atoms with van der Waals surface area (Å²) in [5, 5.41) is 8.29. The second-order valence-corrected chi connectivity index (χ2v) is 6.39. The number of fused-ring (bicyclic) bond motifs is 1. The maximum Gasteiger partial charge on any atom is 0.323 e. The number of benzene rings is 3. The molecule has 0 aliphatic rings. The fourth-order valence-corrected chi connectivity index (χ4v) is 2.84. The topological polar surface area (TPSA) is 96.3 Å². The quantitative estimate of drug-likeness (QED) is 0.458. The minimum absolute atomic E-state index is 0.259. The van der Waals surface area contributed by atoms with Crippen LogP contribution in [0.25, 0.3) is 11.1 Å². The van der Waals surface area contributed by atoms with Crippen LogP contribution in [-0.4, -0.2) is 16.9 Å². The average Bonchev–Trinajstić information content (AvgIpc) is 3.08. The summed E-state index contributed by atoms with van der Waals surface area (Å²) in [6.07, 6.45) is 0. The van der Waals surface area contributed by atoms with Crippen LogP contribution < -0.4 is 16.0 Å². The van der Waals surface area contributed by atoms with Crippen LogP contribution in [0.4, 0.5) is 21.9 Å². The van der Waals surface area contributed by atoms with Crippen LogP contribution in [0.5, 0.6) is 0 Å². The van der Waals surface area contributed by atoms with Gasteiger partial charge in [-0.15, -0.1) is 0 Å². The number of nitrogens with zero attached hydrogens (tertiary/aromatic N) is 1. The number of amides is 3. The predicted molar refractivity (Wildman–Crippen MR) is 112 cm³/mol. The maximum atomic E-state index is 12.5.